The molecule has 0 heterocycles. The van der Waals surface area contributed by atoms with Crippen molar-refractivity contribution in [3.05, 3.63) is 35.4 Å². The van der Waals surface area contributed by atoms with Crippen LogP contribution in [0.3, 0.4) is 0 Å². The fourth-order valence-electron chi connectivity index (χ4n) is 3.54. The molecule has 150 valence electrons. The lowest BCUT2D eigenvalue weighted by Crippen LogP contribution is -2.51. The molecule has 0 spiro atoms. The van der Waals surface area contributed by atoms with Gasteiger partial charge in [0.2, 0.25) is 11.8 Å². The summed E-state index contributed by atoms with van der Waals surface area (Å²) in [5, 5.41) is 5.55. The molecule has 0 bridgehead atoms. The summed E-state index contributed by atoms with van der Waals surface area (Å²) in [5.41, 5.74) is -0.899. The first-order valence-corrected chi connectivity index (χ1v) is 9.23. The van der Waals surface area contributed by atoms with E-state index in [0.29, 0.717) is 5.56 Å². The molecule has 1 aromatic rings. The highest BCUT2D eigenvalue weighted by Crippen LogP contribution is 2.33. The summed E-state index contributed by atoms with van der Waals surface area (Å²) in [5.74, 6) is -0.443. The van der Waals surface area contributed by atoms with Gasteiger partial charge in [-0.05, 0) is 30.4 Å². The normalized spacial score (nSPS) is 16.8. The molecule has 1 fully saturated rings. The van der Waals surface area contributed by atoms with Crippen molar-refractivity contribution in [2.24, 2.45) is 5.92 Å². The largest absolute Gasteiger partial charge is 0.416 e. The summed E-state index contributed by atoms with van der Waals surface area (Å²) >= 11 is 0. The van der Waals surface area contributed by atoms with Crippen LogP contribution in [0.1, 0.15) is 57.6 Å². The van der Waals surface area contributed by atoms with E-state index in [1.807, 2.05) is 0 Å². The molecule has 27 heavy (non-hydrogen) atoms. The quantitative estimate of drug-likeness (QED) is 0.784. The third-order valence-electron chi connectivity index (χ3n) is 5.19. The van der Waals surface area contributed by atoms with Crippen molar-refractivity contribution in [3.63, 3.8) is 0 Å². The van der Waals surface area contributed by atoms with Gasteiger partial charge in [0, 0.05) is 18.9 Å². The van der Waals surface area contributed by atoms with Crippen LogP contribution in [0.2, 0.25) is 0 Å². The predicted molar refractivity (Wildman–Crippen MR) is 97.0 cm³/mol. The van der Waals surface area contributed by atoms with Crippen molar-refractivity contribution in [2.45, 2.75) is 64.1 Å². The van der Waals surface area contributed by atoms with Gasteiger partial charge in [0.15, 0.2) is 0 Å². The van der Waals surface area contributed by atoms with E-state index in [1.54, 1.807) is 19.9 Å². The second kappa shape index (κ2) is 8.31. The Bertz CT molecular complexity index is 680. The Morgan fingerprint density at radius 2 is 1.74 bits per heavy atom. The summed E-state index contributed by atoms with van der Waals surface area (Å²) in [7, 11) is 0. The molecule has 1 aliphatic rings. The molecule has 0 aromatic heterocycles. The molecule has 2 rings (SSSR count). The summed E-state index contributed by atoms with van der Waals surface area (Å²) in [6.45, 7) is 5.12. The molecule has 1 aliphatic carbocycles. The molecular formula is C20H27F3N2O2. The highest BCUT2D eigenvalue weighted by molar-refractivity contribution is 5.87. The van der Waals surface area contributed by atoms with Gasteiger partial charge in [-0.2, -0.15) is 13.2 Å². The maximum Gasteiger partial charge on any atom is 0.416 e. The van der Waals surface area contributed by atoms with E-state index in [1.165, 1.54) is 13.0 Å². The van der Waals surface area contributed by atoms with Crippen LogP contribution >= 0.6 is 0 Å². The SMILES string of the molecule is CC(=O)NC(C(=O)NCC(C)(C)c1cccc(C(F)(F)F)c1)C1CCCC1. The minimum absolute atomic E-state index is 0.102. The lowest BCUT2D eigenvalue weighted by molar-refractivity contribution is -0.137. The third kappa shape index (κ3) is 5.71. The molecule has 0 aliphatic heterocycles. The Labute approximate surface area is 157 Å². The van der Waals surface area contributed by atoms with Gasteiger partial charge in [0.05, 0.1) is 5.56 Å². The van der Waals surface area contributed by atoms with Crippen LogP contribution in [0.5, 0.6) is 0 Å². The van der Waals surface area contributed by atoms with E-state index in [4.69, 9.17) is 0 Å². The lowest BCUT2D eigenvalue weighted by atomic mass is 9.83. The Balaban J connectivity index is 2.08. The average molecular weight is 384 g/mol. The van der Waals surface area contributed by atoms with Crippen molar-refractivity contribution in [3.8, 4) is 0 Å². The first kappa shape index (κ1) is 21.3. The van der Waals surface area contributed by atoms with Crippen LogP contribution < -0.4 is 10.6 Å². The van der Waals surface area contributed by atoms with Gasteiger partial charge in [0.1, 0.15) is 6.04 Å². The van der Waals surface area contributed by atoms with Crippen LogP contribution in [0.25, 0.3) is 0 Å². The maximum atomic E-state index is 13.0. The molecule has 0 radical (unpaired) electrons. The van der Waals surface area contributed by atoms with Crippen molar-refractivity contribution in [1.29, 1.82) is 0 Å². The van der Waals surface area contributed by atoms with Crippen LogP contribution in [-0.4, -0.2) is 24.4 Å². The number of hydrogen-bond acceptors (Lipinski definition) is 2. The first-order chi connectivity index (χ1) is 12.5. The zero-order valence-corrected chi connectivity index (χ0v) is 16.0. The van der Waals surface area contributed by atoms with E-state index in [9.17, 15) is 22.8 Å². The van der Waals surface area contributed by atoms with Gasteiger partial charge in [-0.1, -0.05) is 44.9 Å². The fraction of sp³-hybridized carbons (Fsp3) is 0.600. The number of alkyl halides is 3. The van der Waals surface area contributed by atoms with Gasteiger partial charge in [-0.3, -0.25) is 9.59 Å². The van der Waals surface area contributed by atoms with Crippen molar-refractivity contribution < 1.29 is 22.8 Å². The minimum atomic E-state index is -4.41. The van der Waals surface area contributed by atoms with E-state index in [2.05, 4.69) is 10.6 Å². The van der Waals surface area contributed by atoms with Gasteiger partial charge >= 0.3 is 6.18 Å². The second-order valence-corrected chi connectivity index (χ2v) is 7.90. The lowest BCUT2D eigenvalue weighted by Gasteiger charge is -2.29. The summed E-state index contributed by atoms with van der Waals surface area (Å²) in [6, 6.07) is 4.56. The molecule has 0 saturated heterocycles. The Kier molecular flexibility index (Phi) is 6.54. The second-order valence-electron chi connectivity index (χ2n) is 7.90. The molecule has 1 saturated carbocycles. The summed E-state index contributed by atoms with van der Waals surface area (Å²) < 4.78 is 38.9. The van der Waals surface area contributed by atoms with Gasteiger partial charge in [-0.25, -0.2) is 0 Å². The number of halogens is 3. The van der Waals surface area contributed by atoms with E-state index in [0.717, 1.165) is 37.8 Å². The monoisotopic (exact) mass is 384 g/mol. The molecule has 7 heteroatoms. The zero-order valence-electron chi connectivity index (χ0n) is 16.0. The van der Waals surface area contributed by atoms with Crippen LogP contribution in [-0.2, 0) is 21.2 Å². The number of carbonyl (C=O) groups is 2. The number of carbonyl (C=O) groups excluding carboxylic acids is 2. The summed E-state index contributed by atoms with van der Waals surface area (Å²) in [4.78, 5) is 24.1. The molecular weight excluding hydrogens is 357 g/mol. The molecule has 2 N–H and O–H groups in total. The molecule has 1 aromatic carbocycles. The number of rotatable bonds is 6. The van der Waals surface area contributed by atoms with Crippen LogP contribution in [0.4, 0.5) is 13.2 Å². The molecule has 4 nitrogen and oxygen atoms in total. The zero-order chi connectivity index (χ0) is 20.2. The third-order valence-corrected chi connectivity index (χ3v) is 5.19. The number of hydrogen-bond donors (Lipinski definition) is 2. The van der Waals surface area contributed by atoms with Gasteiger partial charge in [0.25, 0.3) is 0 Å². The standard InChI is InChI=1S/C20H27F3N2O2/c1-13(26)25-17(14-7-4-5-8-14)18(27)24-12-19(2,3)15-9-6-10-16(11-15)20(21,22)23/h6,9-11,14,17H,4-5,7-8,12H2,1-3H3,(H,24,27)(H,25,26). The summed E-state index contributed by atoms with van der Waals surface area (Å²) in [6.07, 6.45) is -0.577. The van der Waals surface area contributed by atoms with E-state index < -0.39 is 23.2 Å². The van der Waals surface area contributed by atoms with Crippen molar-refractivity contribution >= 4 is 11.8 Å². The maximum absolute atomic E-state index is 13.0. The van der Waals surface area contributed by atoms with E-state index in [-0.39, 0.29) is 24.3 Å². The fourth-order valence-corrected chi connectivity index (χ4v) is 3.54. The van der Waals surface area contributed by atoms with Crippen molar-refractivity contribution in [2.75, 3.05) is 6.54 Å². The Hall–Kier alpha value is -2.05. The Morgan fingerprint density at radius 3 is 2.30 bits per heavy atom. The highest BCUT2D eigenvalue weighted by atomic mass is 19.4. The number of nitrogens with one attached hydrogen (secondary N) is 2. The predicted octanol–water partition coefficient (Wildman–Crippen LogP) is 3.79. The van der Waals surface area contributed by atoms with Crippen LogP contribution in [0.15, 0.2) is 24.3 Å². The highest BCUT2D eigenvalue weighted by Gasteiger charge is 2.34. The smallest absolute Gasteiger partial charge is 0.353 e. The minimum Gasteiger partial charge on any atom is -0.353 e. The Morgan fingerprint density at radius 1 is 1.15 bits per heavy atom. The average Bonchev–Trinajstić information content (AvgIpc) is 3.11. The van der Waals surface area contributed by atoms with E-state index >= 15 is 0 Å². The first-order valence-electron chi connectivity index (χ1n) is 9.23. The number of benzene rings is 1. The topological polar surface area (TPSA) is 58.2 Å². The molecule has 2 amide bonds. The molecule has 1 atom stereocenters. The number of amides is 2. The molecule has 1 unspecified atom stereocenters. The van der Waals surface area contributed by atoms with Gasteiger partial charge in [-0.15, -0.1) is 0 Å². The van der Waals surface area contributed by atoms with Crippen molar-refractivity contribution in [1.82, 2.24) is 10.6 Å². The van der Waals surface area contributed by atoms with Gasteiger partial charge < -0.3 is 10.6 Å². The van der Waals surface area contributed by atoms with Crippen LogP contribution in [0, 0.1) is 5.92 Å².